The SMILES string of the molecule is Cc1cc(C(=O)NC2CCN(C3CCN(C)CC3)CC2)ccc1[N+](=O)[O-]. The maximum Gasteiger partial charge on any atom is 0.272 e. The summed E-state index contributed by atoms with van der Waals surface area (Å²) >= 11 is 0. The van der Waals surface area contributed by atoms with E-state index >= 15 is 0 Å². The van der Waals surface area contributed by atoms with Gasteiger partial charge in [-0.25, -0.2) is 0 Å². The Balaban J connectivity index is 1.50. The number of hydrogen-bond donors (Lipinski definition) is 1. The molecule has 142 valence electrons. The molecule has 26 heavy (non-hydrogen) atoms. The Bertz CT molecular complexity index is 663. The minimum absolute atomic E-state index is 0.0491. The highest BCUT2D eigenvalue weighted by Crippen LogP contribution is 2.22. The van der Waals surface area contributed by atoms with Gasteiger partial charge in [0.25, 0.3) is 11.6 Å². The molecule has 2 aliphatic heterocycles. The molecule has 0 radical (unpaired) electrons. The third kappa shape index (κ3) is 4.40. The summed E-state index contributed by atoms with van der Waals surface area (Å²) in [6.45, 7) is 6.05. The number of rotatable bonds is 4. The van der Waals surface area contributed by atoms with Crippen molar-refractivity contribution in [3.63, 3.8) is 0 Å². The van der Waals surface area contributed by atoms with Gasteiger partial charge in [-0.05, 0) is 64.9 Å². The lowest BCUT2D eigenvalue weighted by molar-refractivity contribution is -0.385. The van der Waals surface area contributed by atoms with Crippen LogP contribution >= 0.6 is 0 Å². The molecule has 3 rings (SSSR count). The molecule has 0 atom stereocenters. The average Bonchev–Trinajstić information content (AvgIpc) is 2.62. The van der Waals surface area contributed by atoms with Crippen molar-refractivity contribution in [3.8, 4) is 0 Å². The fourth-order valence-corrected chi connectivity index (χ4v) is 4.04. The van der Waals surface area contributed by atoms with Crippen LogP contribution < -0.4 is 5.32 Å². The summed E-state index contributed by atoms with van der Waals surface area (Å²) in [5.41, 5.74) is 1.05. The van der Waals surface area contributed by atoms with Gasteiger partial charge in [-0.1, -0.05) is 0 Å². The lowest BCUT2D eigenvalue weighted by Crippen LogP contribution is -2.50. The zero-order valence-corrected chi connectivity index (χ0v) is 15.6. The number of piperidine rings is 2. The van der Waals surface area contributed by atoms with E-state index < -0.39 is 4.92 Å². The summed E-state index contributed by atoms with van der Waals surface area (Å²) in [7, 11) is 2.18. The number of nitro groups is 1. The molecule has 0 saturated carbocycles. The van der Waals surface area contributed by atoms with Gasteiger partial charge in [-0.2, -0.15) is 0 Å². The molecule has 0 bridgehead atoms. The fraction of sp³-hybridized carbons (Fsp3) is 0.632. The number of benzene rings is 1. The first-order chi connectivity index (χ1) is 12.4. The Labute approximate surface area is 154 Å². The van der Waals surface area contributed by atoms with Crippen molar-refractivity contribution in [1.29, 1.82) is 0 Å². The smallest absolute Gasteiger partial charge is 0.272 e. The zero-order chi connectivity index (χ0) is 18.7. The van der Waals surface area contributed by atoms with E-state index in [1.165, 1.54) is 38.1 Å². The fourth-order valence-electron chi connectivity index (χ4n) is 4.04. The summed E-state index contributed by atoms with van der Waals surface area (Å²) in [6, 6.07) is 5.41. The number of nitro benzene ring substituents is 1. The van der Waals surface area contributed by atoms with E-state index in [1.54, 1.807) is 13.0 Å². The van der Waals surface area contributed by atoms with E-state index in [0.29, 0.717) is 17.2 Å². The van der Waals surface area contributed by atoms with Gasteiger partial charge < -0.3 is 15.1 Å². The number of aryl methyl sites for hydroxylation is 1. The summed E-state index contributed by atoms with van der Waals surface area (Å²) in [5.74, 6) is -0.138. The van der Waals surface area contributed by atoms with Crippen LogP contribution in [0.1, 0.15) is 41.6 Å². The Morgan fingerprint density at radius 3 is 2.38 bits per heavy atom. The van der Waals surface area contributed by atoms with Crippen molar-refractivity contribution in [2.24, 2.45) is 0 Å². The molecule has 0 aromatic heterocycles. The highest BCUT2D eigenvalue weighted by Gasteiger charge is 2.28. The van der Waals surface area contributed by atoms with Crippen LogP contribution in [0, 0.1) is 17.0 Å². The van der Waals surface area contributed by atoms with Crippen molar-refractivity contribution in [3.05, 3.63) is 39.4 Å². The van der Waals surface area contributed by atoms with E-state index in [0.717, 1.165) is 25.9 Å². The molecule has 2 saturated heterocycles. The van der Waals surface area contributed by atoms with E-state index in [9.17, 15) is 14.9 Å². The van der Waals surface area contributed by atoms with E-state index in [4.69, 9.17) is 0 Å². The number of carbonyl (C=O) groups excluding carboxylic acids is 1. The first-order valence-electron chi connectivity index (χ1n) is 9.42. The van der Waals surface area contributed by atoms with Crippen molar-refractivity contribution >= 4 is 11.6 Å². The Kier molecular flexibility index (Phi) is 5.88. The van der Waals surface area contributed by atoms with Gasteiger partial charge in [0.2, 0.25) is 0 Å². The predicted octanol–water partition coefficient (Wildman–Crippen LogP) is 2.19. The number of hydrogen-bond acceptors (Lipinski definition) is 5. The summed E-state index contributed by atoms with van der Waals surface area (Å²) in [6.07, 6.45) is 4.39. The molecular formula is C19H28N4O3. The second-order valence-electron chi connectivity index (χ2n) is 7.58. The molecule has 2 heterocycles. The number of carbonyl (C=O) groups is 1. The van der Waals surface area contributed by atoms with Crippen LogP contribution in [0.2, 0.25) is 0 Å². The standard InChI is InChI=1S/C19H28N4O3/c1-14-13-15(3-4-18(14)23(25)26)19(24)20-16-5-11-22(12-6-16)17-7-9-21(2)10-8-17/h3-4,13,16-17H,5-12H2,1-2H3,(H,20,24). The van der Waals surface area contributed by atoms with Gasteiger partial charge in [0, 0.05) is 42.4 Å². The summed E-state index contributed by atoms with van der Waals surface area (Å²) in [4.78, 5) is 27.9. The molecule has 7 heteroatoms. The summed E-state index contributed by atoms with van der Waals surface area (Å²) in [5, 5.41) is 14.0. The molecule has 1 amide bonds. The molecule has 7 nitrogen and oxygen atoms in total. The maximum absolute atomic E-state index is 12.5. The number of nitrogens with one attached hydrogen (secondary N) is 1. The van der Waals surface area contributed by atoms with Crippen LogP contribution in [-0.2, 0) is 0 Å². The van der Waals surface area contributed by atoms with Crippen LogP contribution in [0.3, 0.4) is 0 Å². The Morgan fingerprint density at radius 1 is 1.15 bits per heavy atom. The molecule has 2 fully saturated rings. The lowest BCUT2D eigenvalue weighted by Gasteiger charge is -2.41. The van der Waals surface area contributed by atoms with Crippen molar-refractivity contribution in [2.45, 2.75) is 44.7 Å². The minimum Gasteiger partial charge on any atom is -0.349 e. The van der Waals surface area contributed by atoms with Crippen LogP contribution in [0.5, 0.6) is 0 Å². The monoisotopic (exact) mass is 360 g/mol. The van der Waals surface area contributed by atoms with Gasteiger partial charge in [0.1, 0.15) is 0 Å². The highest BCUT2D eigenvalue weighted by atomic mass is 16.6. The van der Waals surface area contributed by atoms with Crippen molar-refractivity contribution < 1.29 is 9.72 Å². The first-order valence-corrected chi connectivity index (χ1v) is 9.42. The number of likely N-dealkylation sites (tertiary alicyclic amines) is 2. The van der Waals surface area contributed by atoms with E-state index in [1.807, 2.05) is 0 Å². The molecule has 1 aromatic carbocycles. The van der Waals surface area contributed by atoms with Crippen LogP contribution in [-0.4, -0.2) is 65.9 Å². The van der Waals surface area contributed by atoms with Gasteiger partial charge in [-0.3, -0.25) is 14.9 Å². The van der Waals surface area contributed by atoms with Crippen LogP contribution in [0.15, 0.2) is 18.2 Å². The third-order valence-corrected chi connectivity index (χ3v) is 5.72. The van der Waals surface area contributed by atoms with Crippen molar-refractivity contribution in [2.75, 3.05) is 33.2 Å². The molecule has 1 aromatic rings. The second kappa shape index (κ2) is 8.14. The van der Waals surface area contributed by atoms with Gasteiger partial charge in [0.15, 0.2) is 0 Å². The first kappa shape index (κ1) is 18.8. The van der Waals surface area contributed by atoms with Gasteiger partial charge in [-0.15, -0.1) is 0 Å². The van der Waals surface area contributed by atoms with E-state index in [-0.39, 0.29) is 17.6 Å². The van der Waals surface area contributed by atoms with Crippen LogP contribution in [0.25, 0.3) is 0 Å². The van der Waals surface area contributed by atoms with Gasteiger partial charge >= 0.3 is 0 Å². The molecule has 0 spiro atoms. The third-order valence-electron chi connectivity index (χ3n) is 5.72. The molecule has 1 N–H and O–H groups in total. The average molecular weight is 360 g/mol. The topological polar surface area (TPSA) is 78.7 Å². The van der Waals surface area contributed by atoms with Gasteiger partial charge in [0.05, 0.1) is 4.92 Å². The molecular weight excluding hydrogens is 332 g/mol. The molecule has 2 aliphatic rings. The quantitative estimate of drug-likeness (QED) is 0.658. The largest absolute Gasteiger partial charge is 0.349 e. The van der Waals surface area contributed by atoms with Crippen molar-refractivity contribution in [1.82, 2.24) is 15.1 Å². The van der Waals surface area contributed by atoms with E-state index in [2.05, 4.69) is 22.2 Å². The summed E-state index contributed by atoms with van der Waals surface area (Å²) < 4.78 is 0. The second-order valence-corrected chi connectivity index (χ2v) is 7.58. The Hall–Kier alpha value is -1.99. The van der Waals surface area contributed by atoms with Crippen LogP contribution in [0.4, 0.5) is 5.69 Å². The normalized spacial score (nSPS) is 20.8. The lowest BCUT2D eigenvalue weighted by atomic mass is 9.97. The molecule has 0 unspecified atom stereocenters. The Morgan fingerprint density at radius 2 is 1.81 bits per heavy atom. The molecule has 0 aliphatic carbocycles. The predicted molar refractivity (Wildman–Crippen MR) is 100 cm³/mol. The zero-order valence-electron chi connectivity index (χ0n) is 15.6. The minimum atomic E-state index is -0.421. The number of amides is 1. The highest BCUT2D eigenvalue weighted by molar-refractivity contribution is 5.94. The maximum atomic E-state index is 12.5. The number of nitrogens with zero attached hydrogens (tertiary/aromatic N) is 3.